The van der Waals surface area contributed by atoms with Crippen molar-refractivity contribution in [3.05, 3.63) is 70.8 Å². The minimum atomic E-state index is -0.0259. The van der Waals surface area contributed by atoms with Crippen molar-refractivity contribution in [3.63, 3.8) is 0 Å². The number of carbonyl (C=O) groups excluding carboxylic acids is 1. The molecule has 0 fully saturated rings. The monoisotopic (exact) mass is 311 g/mol. The van der Waals surface area contributed by atoms with Crippen molar-refractivity contribution in [2.45, 2.75) is 32.6 Å². The number of hydrogen-bond acceptors (Lipinski definition) is 2. The molecular formula is C20H25NO2. The molecule has 0 aromatic heterocycles. The number of nitrogens with one attached hydrogen (secondary N) is 1. The Balaban J connectivity index is 1.94. The molecular weight excluding hydrogens is 286 g/mol. The van der Waals surface area contributed by atoms with Crippen molar-refractivity contribution in [1.29, 1.82) is 0 Å². The number of carbonyl (C=O) groups is 1. The molecule has 0 saturated carbocycles. The van der Waals surface area contributed by atoms with Crippen molar-refractivity contribution in [3.8, 4) is 0 Å². The Kier molecular flexibility index (Phi) is 6.36. The number of amides is 1. The van der Waals surface area contributed by atoms with E-state index in [-0.39, 0.29) is 18.4 Å². The molecule has 0 aliphatic rings. The molecule has 122 valence electrons. The van der Waals surface area contributed by atoms with Crippen LogP contribution in [0.5, 0.6) is 0 Å². The molecule has 3 heteroatoms. The van der Waals surface area contributed by atoms with Gasteiger partial charge in [-0.25, -0.2) is 0 Å². The van der Waals surface area contributed by atoms with Gasteiger partial charge in [0.15, 0.2) is 0 Å². The maximum absolute atomic E-state index is 12.3. The third-order valence-corrected chi connectivity index (χ3v) is 4.16. The number of rotatable bonds is 7. The van der Waals surface area contributed by atoms with Crippen LogP contribution in [-0.2, 0) is 0 Å². The molecule has 2 N–H and O–H groups in total. The van der Waals surface area contributed by atoms with E-state index >= 15 is 0 Å². The predicted octanol–water partition coefficient (Wildman–Crippen LogP) is 3.59. The van der Waals surface area contributed by atoms with Crippen LogP contribution in [0.25, 0.3) is 0 Å². The summed E-state index contributed by atoms with van der Waals surface area (Å²) in [6, 6.07) is 16.1. The second-order valence-corrected chi connectivity index (χ2v) is 5.98. The highest BCUT2D eigenvalue weighted by Crippen LogP contribution is 2.22. The van der Waals surface area contributed by atoms with E-state index in [0.717, 1.165) is 23.1 Å². The molecule has 0 radical (unpaired) electrons. The summed E-state index contributed by atoms with van der Waals surface area (Å²) in [7, 11) is 0. The summed E-state index contributed by atoms with van der Waals surface area (Å²) in [6.45, 7) is 4.70. The summed E-state index contributed by atoms with van der Waals surface area (Å²) in [6.07, 6.45) is 1.53. The molecule has 0 spiro atoms. The van der Waals surface area contributed by atoms with E-state index in [4.69, 9.17) is 0 Å². The minimum absolute atomic E-state index is 0.0259. The van der Waals surface area contributed by atoms with E-state index in [9.17, 15) is 9.90 Å². The van der Waals surface area contributed by atoms with Gasteiger partial charge in [0.05, 0.1) is 0 Å². The molecule has 0 aliphatic heterocycles. The fourth-order valence-corrected chi connectivity index (χ4v) is 2.79. The van der Waals surface area contributed by atoms with Gasteiger partial charge >= 0.3 is 0 Å². The quantitative estimate of drug-likeness (QED) is 0.821. The Bertz CT molecular complexity index is 637. The lowest BCUT2D eigenvalue weighted by molar-refractivity contribution is 0.0951. The first-order chi connectivity index (χ1) is 11.1. The Labute approximate surface area is 138 Å². The molecule has 3 nitrogen and oxygen atoms in total. The summed E-state index contributed by atoms with van der Waals surface area (Å²) < 4.78 is 0. The molecule has 23 heavy (non-hydrogen) atoms. The summed E-state index contributed by atoms with van der Waals surface area (Å²) >= 11 is 0. The predicted molar refractivity (Wildman–Crippen MR) is 93.8 cm³/mol. The van der Waals surface area contributed by atoms with Crippen LogP contribution in [0, 0.1) is 13.8 Å². The van der Waals surface area contributed by atoms with Gasteiger partial charge in [-0.1, -0.05) is 48.0 Å². The van der Waals surface area contributed by atoms with Crippen LogP contribution in [0.1, 0.15) is 45.8 Å². The van der Waals surface area contributed by atoms with Gasteiger partial charge in [-0.05, 0) is 49.8 Å². The first kappa shape index (κ1) is 17.2. The fraction of sp³-hybridized carbons (Fsp3) is 0.350. The molecule has 1 unspecified atom stereocenters. The first-order valence-corrected chi connectivity index (χ1v) is 8.13. The van der Waals surface area contributed by atoms with Crippen LogP contribution in [0.2, 0.25) is 0 Å². The number of aliphatic hydroxyl groups excluding tert-OH is 1. The molecule has 2 aromatic carbocycles. The Morgan fingerprint density at radius 2 is 1.83 bits per heavy atom. The average Bonchev–Trinajstić information content (AvgIpc) is 2.57. The maximum Gasteiger partial charge on any atom is 0.251 e. The van der Waals surface area contributed by atoms with Gasteiger partial charge in [-0.2, -0.15) is 0 Å². The zero-order valence-corrected chi connectivity index (χ0v) is 13.9. The maximum atomic E-state index is 12.3. The third kappa shape index (κ3) is 4.93. The Morgan fingerprint density at radius 3 is 2.52 bits per heavy atom. The Hall–Kier alpha value is -2.13. The van der Waals surface area contributed by atoms with Crippen LogP contribution in [0.3, 0.4) is 0 Å². The van der Waals surface area contributed by atoms with E-state index in [1.165, 1.54) is 5.56 Å². The normalized spacial score (nSPS) is 12.0. The molecule has 0 bridgehead atoms. The number of benzene rings is 2. The van der Waals surface area contributed by atoms with Crippen molar-refractivity contribution in [1.82, 2.24) is 5.32 Å². The van der Waals surface area contributed by atoms with E-state index in [1.807, 2.05) is 50.2 Å². The van der Waals surface area contributed by atoms with Gasteiger partial charge in [-0.15, -0.1) is 0 Å². The van der Waals surface area contributed by atoms with Crippen molar-refractivity contribution >= 4 is 5.91 Å². The highest BCUT2D eigenvalue weighted by Gasteiger charge is 2.13. The van der Waals surface area contributed by atoms with Crippen LogP contribution < -0.4 is 5.32 Å². The molecule has 1 amide bonds. The zero-order chi connectivity index (χ0) is 16.7. The zero-order valence-electron chi connectivity index (χ0n) is 13.9. The van der Waals surface area contributed by atoms with Gasteiger partial charge in [0, 0.05) is 18.7 Å². The summed E-state index contributed by atoms with van der Waals surface area (Å²) in [4.78, 5) is 12.3. The van der Waals surface area contributed by atoms with Crippen molar-refractivity contribution in [2.75, 3.05) is 13.2 Å². The van der Waals surface area contributed by atoms with E-state index in [1.54, 1.807) is 0 Å². The minimum Gasteiger partial charge on any atom is -0.396 e. The third-order valence-electron chi connectivity index (χ3n) is 4.16. The van der Waals surface area contributed by atoms with Crippen LogP contribution in [0.4, 0.5) is 0 Å². The summed E-state index contributed by atoms with van der Waals surface area (Å²) in [5.74, 6) is 0.238. The summed E-state index contributed by atoms with van der Waals surface area (Å²) in [5, 5.41) is 12.3. The second-order valence-electron chi connectivity index (χ2n) is 5.98. The van der Waals surface area contributed by atoms with Gasteiger partial charge in [0.25, 0.3) is 5.91 Å². The van der Waals surface area contributed by atoms with Crippen molar-refractivity contribution in [2.24, 2.45) is 0 Å². The lowest BCUT2D eigenvalue weighted by Gasteiger charge is -2.17. The van der Waals surface area contributed by atoms with Crippen molar-refractivity contribution < 1.29 is 9.90 Å². The number of aliphatic hydroxyl groups is 1. The van der Waals surface area contributed by atoms with E-state index < -0.39 is 0 Å². The molecule has 2 rings (SSSR count). The van der Waals surface area contributed by atoms with Gasteiger partial charge in [0.1, 0.15) is 0 Å². The van der Waals surface area contributed by atoms with Crippen LogP contribution >= 0.6 is 0 Å². The molecule has 0 heterocycles. The number of aryl methyl sites for hydroxylation is 2. The molecule has 0 aliphatic carbocycles. The number of hydrogen-bond donors (Lipinski definition) is 2. The first-order valence-electron chi connectivity index (χ1n) is 8.13. The molecule has 2 aromatic rings. The molecule has 0 saturated heterocycles. The van der Waals surface area contributed by atoms with Gasteiger partial charge in [-0.3, -0.25) is 4.79 Å². The topological polar surface area (TPSA) is 49.3 Å². The smallest absolute Gasteiger partial charge is 0.251 e. The summed E-state index contributed by atoms with van der Waals surface area (Å²) in [5.41, 5.74) is 4.03. The highest BCUT2D eigenvalue weighted by atomic mass is 16.3. The van der Waals surface area contributed by atoms with Gasteiger partial charge < -0.3 is 10.4 Å². The second kappa shape index (κ2) is 8.49. The average molecular weight is 311 g/mol. The Morgan fingerprint density at radius 1 is 1.09 bits per heavy atom. The highest BCUT2D eigenvalue weighted by molar-refractivity contribution is 5.95. The van der Waals surface area contributed by atoms with Crippen LogP contribution in [0.15, 0.2) is 48.5 Å². The SMILES string of the molecule is Cc1ccc(C)c(C(=O)NCCC(CCO)c2ccccc2)c1. The lowest BCUT2D eigenvalue weighted by Crippen LogP contribution is -2.26. The standard InChI is InChI=1S/C20H25NO2/c1-15-8-9-16(2)19(14-15)20(23)21-12-10-18(11-13-22)17-6-4-3-5-7-17/h3-9,14,18,22H,10-13H2,1-2H3,(H,21,23). The lowest BCUT2D eigenvalue weighted by atomic mass is 9.93. The largest absolute Gasteiger partial charge is 0.396 e. The van der Waals surface area contributed by atoms with Gasteiger partial charge in [0.2, 0.25) is 0 Å². The fourth-order valence-electron chi connectivity index (χ4n) is 2.79. The van der Waals surface area contributed by atoms with E-state index in [0.29, 0.717) is 13.0 Å². The van der Waals surface area contributed by atoms with E-state index in [2.05, 4.69) is 17.4 Å². The van der Waals surface area contributed by atoms with Crippen LogP contribution in [-0.4, -0.2) is 24.2 Å². The molecule has 1 atom stereocenters.